The average Bonchev–Trinajstić information content (AvgIpc) is 3.50. The highest BCUT2D eigenvalue weighted by molar-refractivity contribution is 6.18. The van der Waals surface area contributed by atoms with Gasteiger partial charge in [0.25, 0.3) is 0 Å². The van der Waals surface area contributed by atoms with Crippen LogP contribution >= 0.6 is 0 Å². The molecule has 9 rings (SSSR count). The van der Waals surface area contributed by atoms with Gasteiger partial charge in [0.05, 0.1) is 11.6 Å². The molecule has 0 heterocycles. The number of rotatable bonds is 6. The van der Waals surface area contributed by atoms with E-state index < -0.39 is 0 Å². The van der Waals surface area contributed by atoms with E-state index in [9.17, 15) is 5.26 Å². The van der Waals surface area contributed by atoms with Crippen molar-refractivity contribution < 1.29 is 0 Å². The van der Waals surface area contributed by atoms with Crippen LogP contribution in [0.15, 0.2) is 176 Å². The summed E-state index contributed by atoms with van der Waals surface area (Å²) in [5, 5.41) is 12.3. The third-order valence-electron chi connectivity index (χ3n) is 9.83. The van der Waals surface area contributed by atoms with Crippen molar-refractivity contribution >= 4 is 27.8 Å². The minimum Gasteiger partial charge on any atom is -0.310 e. The minimum absolute atomic E-state index is 0.645. The molecule has 0 saturated heterocycles. The van der Waals surface area contributed by atoms with Gasteiger partial charge in [0, 0.05) is 17.1 Å². The molecule has 0 bridgehead atoms. The zero-order chi connectivity index (χ0) is 33.6. The van der Waals surface area contributed by atoms with Crippen LogP contribution in [-0.2, 0) is 0 Å². The lowest BCUT2D eigenvalue weighted by molar-refractivity contribution is 1.28. The van der Waals surface area contributed by atoms with Crippen LogP contribution in [0.25, 0.3) is 66.4 Å². The normalized spacial score (nSPS) is 11.3. The molecule has 0 amide bonds. The summed E-state index contributed by atoms with van der Waals surface area (Å²) in [6.07, 6.45) is 0. The highest BCUT2D eigenvalue weighted by atomic mass is 15.1. The maximum Gasteiger partial charge on any atom is 0.0991 e. The van der Waals surface area contributed by atoms with E-state index in [4.69, 9.17) is 0 Å². The van der Waals surface area contributed by atoms with Crippen LogP contribution in [0.5, 0.6) is 0 Å². The smallest absolute Gasteiger partial charge is 0.0991 e. The van der Waals surface area contributed by atoms with E-state index in [1.165, 1.54) is 49.7 Å². The van der Waals surface area contributed by atoms with Gasteiger partial charge < -0.3 is 4.90 Å². The summed E-state index contributed by atoms with van der Waals surface area (Å²) in [7, 11) is 0. The molecule has 2 heteroatoms. The minimum atomic E-state index is 0.645. The van der Waals surface area contributed by atoms with E-state index in [-0.39, 0.29) is 0 Å². The van der Waals surface area contributed by atoms with E-state index >= 15 is 0 Å². The third kappa shape index (κ3) is 5.05. The van der Waals surface area contributed by atoms with Crippen molar-refractivity contribution in [3.8, 4) is 61.7 Å². The Morgan fingerprint density at radius 3 is 1.74 bits per heavy atom. The summed E-state index contributed by atoms with van der Waals surface area (Å²) < 4.78 is 0. The van der Waals surface area contributed by atoms with Crippen LogP contribution in [0.3, 0.4) is 0 Å². The fourth-order valence-corrected chi connectivity index (χ4v) is 7.56. The fourth-order valence-electron chi connectivity index (χ4n) is 7.56. The summed E-state index contributed by atoms with van der Waals surface area (Å²) in [6, 6.07) is 65.1. The van der Waals surface area contributed by atoms with Gasteiger partial charge in [0.15, 0.2) is 0 Å². The quantitative estimate of drug-likeness (QED) is 0.182. The van der Waals surface area contributed by atoms with Crippen molar-refractivity contribution in [1.29, 1.82) is 5.26 Å². The molecule has 0 atom stereocenters. The Kier molecular flexibility index (Phi) is 7.12. The monoisotopic (exact) mass is 636 g/mol. The van der Waals surface area contributed by atoms with Gasteiger partial charge in [0.1, 0.15) is 0 Å². The second-order valence-electron chi connectivity index (χ2n) is 13.0. The maximum absolute atomic E-state index is 9.72. The van der Waals surface area contributed by atoms with Gasteiger partial charge in [-0.1, -0.05) is 127 Å². The second kappa shape index (κ2) is 12.1. The van der Waals surface area contributed by atoms with Gasteiger partial charge in [0.2, 0.25) is 0 Å². The lowest BCUT2D eigenvalue weighted by Gasteiger charge is -2.27. The second-order valence-corrected chi connectivity index (χ2v) is 13.0. The molecule has 0 spiro atoms. The van der Waals surface area contributed by atoms with Crippen LogP contribution in [-0.4, -0.2) is 0 Å². The molecule has 0 N–H and O–H groups in total. The number of hydrogen-bond donors (Lipinski definition) is 0. The van der Waals surface area contributed by atoms with Gasteiger partial charge in [-0.2, -0.15) is 5.26 Å². The summed E-state index contributed by atoms with van der Waals surface area (Å²) >= 11 is 0. The molecule has 8 aromatic carbocycles. The summed E-state index contributed by atoms with van der Waals surface area (Å²) in [5.74, 6) is 0. The van der Waals surface area contributed by atoms with E-state index in [1.54, 1.807) is 0 Å². The van der Waals surface area contributed by atoms with Crippen molar-refractivity contribution in [3.63, 3.8) is 0 Å². The van der Waals surface area contributed by atoms with Crippen molar-refractivity contribution in [3.05, 3.63) is 187 Å². The van der Waals surface area contributed by atoms with Crippen LogP contribution in [0, 0.1) is 18.3 Å². The van der Waals surface area contributed by atoms with Crippen molar-refractivity contribution in [2.24, 2.45) is 0 Å². The van der Waals surface area contributed by atoms with Crippen LogP contribution in [0.4, 0.5) is 17.1 Å². The first kappa shape index (κ1) is 29.4. The molecule has 0 radical (unpaired) electrons. The van der Waals surface area contributed by atoms with E-state index in [0.717, 1.165) is 39.3 Å². The number of para-hydroxylation sites is 1. The predicted molar refractivity (Wildman–Crippen MR) is 209 cm³/mol. The maximum atomic E-state index is 9.72. The molecule has 234 valence electrons. The van der Waals surface area contributed by atoms with E-state index in [1.807, 2.05) is 18.2 Å². The molecular formula is C48H32N2. The van der Waals surface area contributed by atoms with Crippen LogP contribution < -0.4 is 4.90 Å². The Hall–Kier alpha value is -6.69. The van der Waals surface area contributed by atoms with E-state index in [0.29, 0.717) is 5.56 Å². The lowest BCUT2D eigenvalue weighted by Crippen LogP contribution is -2.10. The Balaban J connectivity index is 1.24. The zero-order valence-corrected chi connectivity index (χ0v) is 27.6. The number of aryl methyl sites for hydroxylation is 1. The predicted octanol–water partition coefficient (Wildman–Crippen LogP) is 13.1. The number of benzene rings is 8. The van der Waals surface area contributed by atoms with Crippen molar-refractivity contribution in [2.75, 3.05) is 4.90 Å². The van der Waals surface area contributed by atoms with Gasteiger partial charge in [-0.15, -0.1) is 0 Å². The molecule has 50 heavy (non-hydrogen) atoms. The topological polar surface area (TPSA) is 27.0 Å². The SMILES string of the molecule is Cc1cccc(-c2cc(-c3cccc(C#N)c3)cc(N(c3ccccc3)c3cccc(-c4ccc5c6c(cccc46)-c4ccccc4-5)c3)c2)c1. The number of fused-ring (bicyclic) bond motifs is 3. The number of nitriles is 1. The zero-order valence-electron chi connectivity index (χ0n) is 27.6. The van der Waals surface area contributed by atoms with Crippen molar-refractivity contribution in [1.82, 2.24) is 0 Å². The Labute approximate surface area is 292 Å². The summed E-state index contributed by atoms with van der Waals surface area (Å²) in [5.41, 5.74) is 17.0. The first-order valence-electron chi connectivity index (χ1n) is 17.0. The Morgan fingerprint density at radius 1 is 0.400 bits per heavy atom. The fraction of sp³-hybridized carbons (Fsp3) is 0.0208. The first-order chi connectivity index (χ1) is 24.6. The molecule has 8 aromatic rings. The molecule has 0 fully saturated rings. The summed E-state index contributed by atoms with van der Waals surface area (Å²) in [6.45, 7) is 2.13. The highest BCUT2D eigenvalue weighted by Gasteiger charge is 2.23. The van der Waals surface area contributed by atoms with Gasteiger partial charge in [-0.25, -0.2) is 0 Å². The molecule has 0 aromatic heterocycles. The number of nitrogens with zero attached hydrogens (tertiary/aromatic N) is 2. The Morgan fingerprint density at radius 2 is 0.980 bits per heavy atom. The van der Waals surface area contributed by atoms with Crippen LogP contribution in [0.2, 0.25) is 0 Å². The number of hydrogen-bond acceptors (Lipinski definition) is 2. The highest BCUT2D eigenvalue weighted by Crippen LogP contribution is 2.49. The average molecular weight is 637 g/mol. The van der Waals surface area contributed by atoms with Gasteiger partial charge in [-0.05, 0) is 128 Å². The van der Waals surface area contributed by atoms with Gasteiger partial charge in [-0.3, -0.25) is 0 Å². The van der Waals surface area contributed by atoms with Gasteiger partial charge >= 0.3 is 0 Å². The first-order valence-corrected chi connectivity index (χ1v) is 17.0. The van der Waals surface area contributed by atoms with Crippen molar-refractivity contribution in [2.45, 2.75) is 6.92 Å². The molecule has 1 aliphatic rings. The molecule has 0 unspecified atom stereocenters. The lowest BCUT2D eigenvalue weighted by atomic mass is 9.93. The summed E-state index contributed by atoms with van der Waals surface area (Å²) in [4.78, 5) is 2.34. The molecule has 0 aliphatic heterocycles. The Bertz CT molecular complexity index is 2600. The molecule has 2 nitrogen and oxygen atoms in total. The molecule has 1 aliphatic carbocycles. The molecular weight excluding hydrogens is 605 g/mol. The molecule has 0 saturated carbocycles. The van der Waals surface area contributed by atoms with Crippen LogP contribution in [0.1, 0.15) is 11.1 Å². The standard InChI is InChI=1S/C48H32N2/c1-32-11-7-13-34(25-32)37-27-38(35-14-8-12-33(26-35)31-49)30-41(29-37)50(39-16-3-2-4-17-39)40-18-9-15-36(28-40)42-23-24-47-44-20-6-5-19-43(44)46-22-10-21-45(42)48(46)47/h2-30H,1H3. The number of anilines is 3. The third-order valence-corrected chi connectivity index (χ3v) is 9.83. The van der Waals surface area contributed by atoms with E-state index in [2.05, 4.69) is 176 Å². The largest absolute Gasteiger partial charge is 0.310 e.